The number of nitrogens with one attached hydrogen (secondary N) is 2. The largest absolute Gasteiger partial charge is 0.307 e. The molecule has 162 valence electrons. The second-order valence-corrected chi connectivity index (χ2v) is 7.52. The number of aromatic amines is 1. The van der Waals surface area contributed by atoms with Crippen molar-refractivity contribution in [3.8, 4) is 11.3 Å². The fourth-order valence-corrected chi connectivity index (χ4v) is 3.69. The van der Waals surface area contributed by atoms with Crippen LogP contribution in [0.2, 0.25) is 5.02 Å². The Morgan fingerprint density at radius 2 is 1.84 bits per heavy atom. The number of aryl methyl sites for hydroxylation is 1. The molecule has 32 heavy (non-hydrogen) atoms. The zero-order valence-corrected chi connectivity index (χ0v) is 17.0. The van der Waals surface area contributed by atoms with Crippen LogP contribution in [0.15, 0.2) is 53.7 Å². The Kier molecular flexibility index (Phi) is 5.71. The van der Waals surface area contributed by atoms with Crippen molar-refractivity contribution in [3.05, 3.63) is 87.7 Å². The highest BCUT2D eigenvalue weighted by Crippen LogP contribution is 2.34. The second-order valence-electron chi connectivity index (χ2n) is 7.08. The molecule has 1 aliphatic heterocycles. The molecule has 4 aromatic rings. The molecule has 9 heteroatoms. The van der Waals surface area contributed by atoms with E-state index >= 15 is 0 Å². The van der Waals surface area contributed by atoms with E-state index in [0.29, 0.717) is 33.6 Å². The molecular weight excluding hydrogens is 434 g/mol. The van der Waals surface area contributed by atoms with Crippen molar-refractivity contribution in [1.29, 1.82) is 0 Å². The molecule has 0 atom stereocenters. The maximum absolute atomic E-state index is 14.6. The fraction of sp³-hybridized carbons (Fsp3) is 0.130. The van der Waals surface area contributed by atoms with Crippen molar-refractivity contribution in [2.75, 3.05) is 5.32 Å². The first-order valence-corrected chi connectivity index (χ1v) is 9.81. The molecule has 3 heterocycles. The highest BCUT2D eigenvalue weighted by atomic mass is 35.5. The van der Waals surface area contributed by atoms with Crippen LogP contribution in [0.25, 0.3) is 11.3 Å². The minimum atomic E-state index is -0.696. The molecule has 0 fully saturated rings. The first kappa shape index (κ1) is 21.6. The number of aliphatic imine (C=N–C) groups is 1. The average Bonchev–Trinajstić information content (AvgIpc) is 3.08. The highest BCUT2D eigenvalue weighted by molar-refractivity contribution is 6.31. The summed E-state index contributed by atoms with van der Waals surface area (Å²) in [6.07, 6.45) is 1.65. The Morgan fingerprint density at radius 1 is 1.06 bits per heavy atom. The van der Waals surface area contributed by atoms with E-state index in [9.17, 15) is 8.78 Å². The van der Waals surface area contributed by atoms with E-state index in [1.54, 1.807) is 24.4 Å². The number of anilines is 2. The summed E-state index contributed by atoms with van der Waals surface area (Å²) in [4.78, 5) is 13.5. The van der Waals surface area contributed by atoms with E-state index in [1.807, 2.05) is 13.0 Å². The van der Waals surface area contributed by atoms with Gasteiger partial charge in [0.2, 0.25) is 5.95 Å². The number of halogens is 3. The van der Waals surface area contributed by atoms with Gasteiger partial charge in [-0.25, -0.2) is 18.7 Å². The predicted molar refractivity (Wildman–Crippen MR) is 122 cm³/mol. The molecule has 2 aromatic heterocycles. The minimum absolute atomic E-state index is 0. The molecule has 6 nitrogen and oxygen atoms in total. The number of rotatable bonds is 3. The number of hydrogen-bond donors (Lipinski definition) is 2. The maximum Gasteiger partial charge on any atom is 0.228 e. The van der Waals surface area contributed by atoms with E-state index in [4.69, 9.17) is 11.6 Å². The summed E-state index contributed by atoms with van der Waals surface area (Å²) in [5.74, 6) is -0.476. The summed E-state index contributed by atoms with van der Waals surface area (Å²) in [6, 6.07) is 10.7. The Morgan fingerprint density at radius 3 is 2.56 bits per heavy atom. The van der Waals surface area contributed by atoms with Gasteiger partial charge >= 0.3 is 0 Å². The summed E-state index contributed by atoms with van der Waals surface area (Å²) in [6.45, 7) is 2.04. The van der Waals surface area contributed by atoms with Gasteiger partial charge in [0.25, 0.3) is 0 Å². The molecule has 0 bridgehead atoms. The van der Waals surface area contributed by atoms with Crippen molar-refractivity contribution in [1.82, 2.24) is 20.2 Å². The lowest BCUT2D eigenvalue weighted by Crippen LogP contribution is -2.10. The number of aromatic nitrogens is 4. The van der Waals surface area contributed by atoms with Crippen LogP contribution in [-0.2, 0) is 6.54 Å². The summed E-state index contributed by atoms with van der Waals surface area (Å²) < 4.78 is 29.2. The molecule has 5 rings (SSSR count). The minimum Gasteiger partial charge on any atom is -0.307 e. The van der Waals surface area contributed by atoms with Crippen LogP contribution in [-0.4, -0.2) is 25.9 Å². The standard InChI is InChI=1S/C22H15ClF2N6.CH4/c1-11-7-18(31-30-11)28-22-27-10-12-9-26-21(19-16(24)3-2-4-17(19)25)15-8-13(23)5-6-14(15)20(12)29-22;/h2-8,10H,9H2,1H3,(H2,27,28,29,30,31);1H4. The lowest BCUT2D eigenvalue weighted by atomic mass is 9.95. The molecule has 0 radical (unpaired) electrons. The monoisotopic (exact) mass is 452 g/mol. The van der Waals surface area contributed by atoms with Crippen molar-refractivity contribution >= 4 is 29.1 Å². The number of nitrogens with zero attached hydrogens (tertiary/aromatic N) is 4. The lowest BCUT2D eigenvalue weighted by Gasteiger charge is -2.13. The van der Waals surface area contributed by atoms with Crippen LogP contribution in [0.5, 0.6) is 0 Å². The number of H-pyrrole nitrogens is 1. The summed E-state index contributed by atoms with van der Waals surface area (Å²) in [5.41, 5.74) is 3.35. The van der Waals surface area contributed by atoms with Crippen LogP contribution in [0, 0.1) is 18.6 Å². The van der Waals surface area contributed by atoms with Gasteiger partial charge in [0.05, 0.1) is 23.5 Å². The molecule has 0 saturated heterocycles. The van der Waals surface area contributed by atoms with Crippen LogP contribution in [0.1, 0.15) is 29.8 Å². The van der Waals surface area contributed by atoms with Gasteiger partial charge in [-0.2, -0.15) is 5.10 Å². The predicted octanol–water partition coefficient (Wildman–Crippen LogP) is 5.84. The van der Waals surface area contributed by atoms with Crippen LogP contribution in [0.4, 0.5) is 20.5 Å². The molecule has 0 saturated carbocycles. The zero-order chi connectivity index (χ0) is 21.5. The first-order valence-electron chi connectivity index (χ1n) is 9.43. The number of benzene rings is 2. The second kappa shape index (κ2) is 8.47. The van der Waals surface area contributed by atoms with Gasteiger partial charge < -0.3 is 5.32 Å². The van der Waals surface area contributed by atoms with E-state index in [1.165, 1.54) is 18.2 Å². The zero-order valence-electron chi connectivity index (χ0n) is 16.2. The number of fused-ring (bicyclic) bond motifs is 3. The van der Waals surface area contributed by atoms with E-state index in [2.05, 4.69) is 30.5 Å². The first-order chi connectivity index (χ1) is 15.0. The van der Waals surface area contributed by atoms with E-state index in [0.717, 1.165) is 11.3 Å². The SMILES string of the molecule is C.Cc1cc(Nc2ncc3c(n2)-c2ccc(Cl)cc2C(c2c(F)cccc2F)=NC3)n[nH]1. The van der Waals surface area contributed by atoms with Gasteiger partial charge in [0.1, 0.15) is 11.6 Å². The van der Waals surface area contributed by atoms with Crippen molar-refractivity contribution in [2.45, 2.75) is 20.9 Å². The van der Waals surface area contributed by atoms with Crippen LogP contribution >= 0.6 is 11.6 Å². The third-order valence-corrected chi connectivity index (χ3v) is 5.14. The lowest BCUT2D eigenvalue weighted by molar-refractivity contribution is 0.579. The van der Waals surface area contributed by atoms with Crippen molar-refractivity contribution in [2.24, 2.45) is 4.99 Å². The van der Waals surface area contributed by atoms with Gasteiger partial charge in [-0.15, -0.1) is 0 Å². The Balaban J connectivity index is 0.00000245. The highest BCUT2D eigenvalue weighted by Gasteiger charge is 2.25. The Labute approximate surface area is 188 Å². The molecular formula is C23H19ClF2N6. The van der Waals surface area contributed by atoms with Crippen molar-refractivity contribution in [3.63, 3.8) is 0 Å². The normalized spacial score (nSPS) is 12.2. The van der Waals surface area contributed by atoms with E-state index < -0.39 is 11.6 Å². The van der Waals surface area contributed by atoms with Crippen LogP contribution in [0.3, 0.4) is 0 Å². The topological polar surface area (TPSA) is 78.8 Å². The van der Waals surface area contributed by atoms with Gasteiger partial charge in [0, 0.05) is 39.7 Å². The molecule has 0 amide bonds. The van der Waals surface area contributed by atoms with Gasteiger partial charge in [-0.1, -0.05) is 31.2 Å². The van der Waals surface area contributed by atoms with Crippen LogP contribution < -0.4 is 5.32 Å². The third kappa shape index (κ3) is 3.85. The smallest absolute Gasteiger partial charge is 0.228 e. The van der Waals surface area contributed by atoms with Crippen molar-refractivity contribution < 1.29 is 8.78 Å². The summed E-state index contributed by atoms with van der Waals surface area (Å²) in [7, 11) is 0. The van der Waals surface area contributed by atoms with E-state index in [-0.39, 0.29) is 25.2 Å². The molecule has 0 spiro atoms. The molecule has 2 aromatic carbocycles. The Hall–Kier alpha value is -3.65. The molecule has 0 unspecified atom stereocenters. The summed E-state index contributed by atoms with van der Waals surface area (Å²) >= 11 is 6.23. The molecule has 2 N–H and O–H groups in total. The molecule has 1 aliphatic rings. The maximum atomic E-state index is 14.6. The van der Waals surface area contributed by atoms with Gasteiger partial charge in [-0.3, -0.25) is 10.1 Å². The number of hydrogen-bond acceptors (Lipinski definition) is 5. The third-order valence-electron chi connectivity index (χ3n) is 4.91. The quantitative estimate of drug-likeness (QED) is 0.409. The summed E-state index contributed by atoms with van der Waals surface area (Å²) in [5, 5.41) is 10.4. The van der Waals surface area contributed by atoms with Gasteiger partial charge in [-0.05, 0) is 31.2 Å². The average molecular weight is 453 g/mol. The molecule has 0 aliphatic carbocycles. The van der Waals surface area contributed by atoms with Gasteiger partial charge in [0.15, 0.2) is 5.82 Å². The Bertz CT molecular complexity index is 1330. The fourth-order valence-electron chi connectivity index (χ4n) is 3.52.